The molecule has 6 heteroatoms. The highest BCUT2D eigenvalue weighted by Gasteiger charge is 2.52. The summed E-state index contributed by atoms with van der Waals surface area (Å²) in [6.45, 7) is 3.48. The molecular formula is C17H21N5O. The third-order valence-corrected chi connectivity index (χ3v) is 5.66. The highest BCUT2D eigenvalue weighted by Crippen LogP contribution is 2.42. The fourth-order valence-electron chi connectivity index (χ4n) is 4.38. The fraction of sp³-hybridized carbons (Fsp3) is 0.529. The highest BCUT2D eigenvalue weighted by atomic mass is 16.7. The lowest BCUT2D eigenvalue weighted by Crippen LogP contribution is -2.59. The first-order valence-corrected chi connectivity index (χ1v) is 8.38. The first-order chi connectivity index (χ1) is 11.2. The van der Waals surface area contributed by atoms with Crippen LogP contribution in [0.2, 0.25) is 0 Å². The van der Waals surface area contributed by atoms with E-state index in [1.54, 1.807) is 0 Å². The molecule has 23 heavy (non-hydrogen) atoms. The van der Waals surface area contributed by atoms with E-state index in [9.17, 15) is 0 Å². The number of hydrogen-bond acceptors (Lipinski definition) is 4. The molecule has 120 valence electrons. The molecule has 2 aromatic rings. The first kappa shape index (κ1) is 13.5. The lowest BCUT2D eigenvalue weighted by molar-refractivity contribution is -0.150. The Hall–Kier alpha value is -1.92. The zero-order valence-corrected chi connectivity index (χ0v) is 13.3. The van der Waals surface area contributed by atoms with Crippen molar-refractivity contribution in [1.29, 1.82) is 0 Å². The van der Waals surface area contributed by atoms with E-state index in [1.807, 2.05) is 24.0 Å². The van der Waals surface area contributed by atoms with E-state index in [2.05, 4.69) is 27.6 Å². The average Bonchev–Trinajstić information content (AvgIpc) is 3.13. The summed E-state index contributed by atoms with van der Waals surface area (Å²) in [5.41, 5.74) is 5.09. The molecule has 0 saturated carbocycles. The molecule has 4 saturated heterocycles. The predicted octanol–water partition coefficient (Wildman–Crippen LogP) is 1.99. The molecule has 6 rings (SSSR count). The maximum absolute atomic E-state index is 6.06. The van der Waals surface area contributed by atoms with Gasteiger partial charge in [-0.1, -0.05) is 0 Å². The average molecular weight is 311 g/mol. The lowest BCUT2D eigenvalue weighted by atomic mass is 9.74. The molecule has 0 radical (unpaired) electrons. The van der Waals surface area contributed by atoms with Crippen molar-refractivity contribution in [3.05, 3.63) is 24.4 Å². The molecule has 4 aliphatic heterocycles. The van der Waals surface area contributed by atoms with E-state index < -0.39 is 0 Å². The number of hydrogen-bond donors (Lipinski definition) is 1. The van der Waals surface area contributed by atoms with Crippen LogP contribution in [-0.2, 0) is 11.9 Å². The van der Waals surface area contributed by atoms with Gasteiger partial charge < -0.3 is 4.90 Å². The second-order valence-corrected chi connectivity index (χ2v) is 7.07. The van der Waals surface area contributed by atoms with Gasteiger partial charge in [-0.3, -0.25) is 15.0 Å². The summed E-state index contributed by atoms with van der Waals surface area (Å²) in [7, 11) is 1.96. The van der Waals surface area contributed by atoms with E-state index in [0.29, 0.717) is 5.92 Å². The minimum absolute atomic E-state index is 0.0635. The van der Waals surface area contributed by atoms with Crippen molar-refractivity contribution < 1.29 is 4.84 Å². The van der Waals surface area contributed by atoms with Crippen LogP contribution in [0.4, 0.5) is 5.69 Å². The van der Waals surface area contributed by atoms with Gasteiger partial charge in [0.15, 0.2) is 0 Å². The van der Waals surface area contributed by atoms with Crippen molar-refractivity contribution in [2.24, 2.45) is 18.0 Å². The Bertz CT molecular complexity index is 789. The van der Waals surface area contributed by atoms with E-state index in [0.717, 1.165) is 35.4 Å². The third kappa shape index (κ3) is 2.09. The molecule has 1 N–H and O–H groups in total. The molecule has 4 fully saturated rings. The zero-order valence-electron chi connectivity index (χ0n) is 13.3. The van der Waals surface area contributed by atoms with E-state index in [1.165, 1.54) is 25.9 Å². The van der Waals surface area contributed by atoms with Gasteiger partial charge in [-0.25, -0.2) is 4.99 Å². The van der Waals surface area contributed by atoms with Crippen LogP contribution in [0.15, 0.2) is 29.4 Å². The number of aliphatic imine (C=N–C) groups is 1. The number of hydroxylamine groups is 1. The van der Waals surface area contributed by atoms with Gasteiger partial charge in [-0.15, -0.1) is 0 Å². The largest absolute Gasteiger partial charge is 0.300 e. The van der Waals surface area contributed by atoms with Gasteiger partial charge in [0.2, 0.25) is 0 Å². The fourth-order valence-corrected chi connectivity index (χ4v) is 4.38. The summed E-state index contributed by atoms with van der Waals surface area (Å²) in [6, 6.07) is 6.19. The van der Waals surface area contributed by atoms with Crippen LogP contribution in [0.5, 0.6) is 0 Å². The van der Waals surface area contributed by atoms with Gasteiger partial charge in [-0.2, -0.15) is 5.10 Å². The topological polar surface area (TPSA) is 54.7 Å². The standard InChI is InChI=1S/C17H21N5O/c1-21-15-8-14(3-2-12(15)10-18-21)19-16-9-17(23-20-16)11-22-6-4-13(17)5-7-22/h2-3,8,10,13H,4-7,9,11H2,1H3,(H,19,20). The Morgan fingerprint density at radius 3 is 3.00 bits per heavy atom. The number of amidine groups is 1. The van der Waals surface area contributed by atoms with Crippen molar-refractivity contribution in [1.82, 2.24) is 20.2 Å². The molecule has 5 heterocycles. The summed E-state index contributed by atoms with van der Waals surface area (Å²) in [5, 5.41) is 5.42. The Labute approximate surface area is 135 Å². The number of nitrogens with zero attached hydrogens (tertiary/aromatic N) is 4. The molecule has 6 nitrogen and oxygen atoms in total. The van der Waals surface area contributed by atoms with Crippen molar-refractivity contribution in [2.75, 3.05) is 19.6 Å². The van der Waals surface area contributed by atoms with Crippen LogP contribution in [0.1, 0.15) is 19.3 Å². The summed E-state index contributed by atoms with van der Waals surface area (Å²) in [6.07, 6.45) is 5.26. The van der Waals surface area contributed by atoms with E-state index >= 15 is 0 Å². The molecule has 1 aromatic heterocycles. The van der Waals surface area contributed by atoms with Gasteiger partial charge in [0.1, 0.15) is 11.4 Å². The SMILES string of the molecule is Cn1ncc2ccc(N=C3CC4(CN5CCC4CC5)ON3)cc21. The van der Waals surface area contributed by atoms with Crippen molar-refractivity contribution in [2.45, 2.75) is 24.9 Å². The lowest BCUT2D eigenvalue weighted by Gasteiger charge is -2.49. The van der Waals surface area contributed by atoms with E-state index in [4.69, 9.17) is 9.83 Å². The van der Waals surface area contributed by atoms with Crippen LogP contribution in [-0.4, -0.2) is 45.8 Å². The first-order valence-electron chi connectivity index (χ1n) is 8.38. The highest BCUT2D eigenvalue weighted by molar-refractivity contribution is 5.88. The maximum atomic E-state index is 6.06. The van der Waals surface area contributed by atoms with Crippen molar-refractivity contribution >= 4 is 22.4 Å². The summed E-state index contributed by atoms with van der Waals surface area (Å²) < 4.78 is 1.88. The molecule has 0 amide bonds. The minimum atomic E-state index is -0.0635. The van der Waals surface area contributed by atoms with Crippen LogP contribution >= 0.6 is 0 Å². The third-order valence-electron chi connectivity index (χ3n) is 5.66. The number of aryl methyl sites for hydroxylation is 1. The number of nitrogens with one attached hydrogen (secondary N) is 1. The Kier molecular flexibility index (Phi) is 2.81. The van der Waals surface area contributed by atoms with Crippen LogP contribution in [0.25, 0.3) is 10.9 Å². The Morgan fingerprint density at radius 2 is 2.22 bits per heavy atom. The molecule has 0 aliphatic carbocycles. The minimum Gasteiger partial charge on any atom is -0.300 e. The normalized spacial score (nSPS) is 34.6. The van der Waals surface area contributed by atoms with Gasteiger partial charge >= 0.3 is 0 Å². The summed E-state index contributed by atoms with van der Waals surface area (Å²) >= 11 is 0. The quantitative estimate of drug-likeness (QED) is 0.875. The molecule has 4 aliphatic rings. The van der Waals surface area contributed by atoms with Gasteiger partial charge in [0.05, 0.1) is 17.4 Å². The number of benzene rings is 1. The monoisotopic (exact) mass is 311 g/mol. The Morgan fingerprint density at radius 1 is 1.35 bits per heavy atom. The van der Waals surface area contributed by atoms with Gasteiger partial charge in [-0.05, 0) is 50.0 Å². The molecule has 1 spiro atoms. The van der Waals surface area contributed by atoms with Crippen LogP contribution in [0.3, 0.4) is 0 Å². The smallest absolute Gasteiger partial charge is 0.129 e. The van der Waals surface area contributed by atoms with Crippen molar-refractivity contribution in [3.8, 4) is 0 Å². The van der Waals surface area contributed by atoms with Gasteiger partial charge in [0.25, 0.3) is 0 Å². The maximum Gasteiger partial charge on any atom is 0.129 e. The molecule has 1 unspecified atom stereocenters. The Balaban J connectivity index is 1.43. The number of aromatic nitrogens is 2. The number of fused-ring (bicyclic) bond motifs is 3. The van der Waals surface area contributed by atoms with E-state index in [-0.39, 0.29) is 5.60 Å². The molecular weight excluding hydrogens is 290 g/mol. The predicted molar refractivity (Wildman–Crippen MR) is 88.5 cm³/mol. The molecule has 1 atom stereocenters. The van der Waals surface area contributed by atoms with Crippen LogP contribution in [0, 0.1) is 5.92 Å². The molecule has 1 aromatic carbocycles. The summed E-state index contributed by atoms with van der Waals surface area (Å²) in [4.78, 5) is 13.4. The summed E-state index contributed by atoms with van der Waals surface area (Å²) in [5.74, 6) is 1.60. The second kappa shape index (κ2) is 4.79. The second-order valence-electron chi connectivity index (χ2n) is 7.07. The number of piperidine rings is 3. The number of rotatable bonds is 1. The van der Waals surface area contributed by atoms with Crippen LogP contribution < -0.4 is 5.48 Å². The molecule has 2 bridgehead atoms. The zero-order chi connectivity index (χ0) is 15.4. The van der Waals surface area contributed by atoms with Crippen molar-refractivity contribution in [3.63, 3.8) is 0 Å². The van der Waals surface area contributed by atoms with Gasteiger partial charge in [0, 0.05) is 25.4 Å².